The van der Waals surface area contributed by atoms with Gasteiger partial charge in [-0.1, -0.05) is 0 Å². The number of amides is 2. The van der Waals surface area contributed by atoms with E-state index < -0.39 is 0 Å². The van der Waals surface area contributed by atoms with Gasteiger partial charge in [0.25, 0.3) is 0 Å². The van der Waals surface area contributed by atoms with Gasteiger partial charge in [-0.3, -0.25) is 5.10 Å². The first-order chi connectivity index (χ1) is 11.8. The maximum atomic E-state index is 12.6. The zero-order chi connectivity index (χ0) is 16.8. The number of likely N-dealkylation sites (tertiary alicyclic amines) is 1. The molecular formula is C17H23N5O2. The van der Waals surface area contributed by atoms with E-state index in [-0.39, 0.29) is 12.1 Å². The Morgan fingerprint density at radius 2 is 2.42 bits per heavy atom. The molecule has 0 saturated carbocycles. The van der Waals surface area contributed by atoms with Gasteiger partial charge < -0.3 is 15.0 Å². The van der Waals surface area contributed by atoms with E-state index in [1.807, 2.05) is 30.2 Å². The molecule has 2 aromatic rings. The molecule has 0 radical (unpaired) electrons. The predicted octanol–water partition coefficient (Wildman–Crippen LogP) is 2.64. The largest absolute Gasteiger partial charge is 0.478 e. The Morgan fingerprint density at radius 3 is 3.21 bits per heavy atom. The van der Waals surface area contributed by atoms with Crippen LogP contribution in [0.3, 0.4) is 0 Å². The number of hydrogen-bond donors (Lipinski definition) is 2. The van der Waals surface area contributed by atoms with Gasteiger partial charge >= 0.3 is 6.03 Å². The van der Waals surface area contributed by atoms with Crippen molar-refractivity contribution in [2.24, 2.45) is 0 Å². The summed E-state index contributed by atoms with van der Waals surface area (Å²) in [6.45, 7) is 3.71. The molecule has 1 aliphatic rings. The van der Waals surface area contributed by atoms with E-state index in [0.717, 1.165) is 36.9 Å². The van der Waals surface area contributed by atoms with Crippen molar-refractivity contribution in [2.45, 2.75) is 38.8 Å². The number of carbonyl (C=O) groups excluding carboxylic acids is 1. The summed E-state index contributed by atoms with van der Waals surface area (Å²) in [4.78, 5) is 18.7. The van der Waals surface area contributed by atoms with Crippen LogP contribution in [0.5, 0.6) is 5.88 Å². The van der Waals surface area contributed by atoms with Crippen LogP contribution in [0.25, 0.3) is 0 Å². The molecule has 0 aliphatic carbocycles. The lowest BCUT2D eigenvalue weighted by molar-refractivity contribution is 0.151. The summed E-state index contributed by atoms with van der Waals surface area (Å²) in [5.41, 5.74) is 2.03. The minimum Gasteiger partial charge on any atom is -0.478 e. The highest BCUT2D eigenvalue weighted by Crippen LogP contribution is 2.30. The summed E-state index contributed by atoms with van der Waals surface area (Å²) < 4.78 is 5.39. The Hall–Kier alpha value is -2.57. The average Bonchev–Trinajstić information content (AvgIpc) is 3.15. The van der Waals surface area contributed by atoms with Gasteiger partial charge in [0.15, 0.2) is 0 Å². The fraction of sp³-hybridized carbons (Fsp3) is 0.471. The molecule has 1 aliphatic heterocycles. The van der Waals surface area contributed by atoms with Gasteiger partial charge in [0.1, 0.15) is 0 Å². The zero-order valence-corrected chi connectivity index (χ0v) is 13.9. The summed E-state index contributed by atoms with van der Waals surface area (Å²) in [5, 5.41) is 9.84. The second-order valence-corrected chi connectivity index (χ2v) is 5.83. The molecule has 0 bridgehead atoms. The fourth-order valence-corrected chi connectivity index (χ4v) is 3.03. The zero-order valence-electron chi connectivity index (χ0n) is 13.9. The lowest BCUT2D eigenvalue weighted by Gasteiger charge is -2.35. The van der Waals surface area contributed by atoms with E-state index >= 15 is 0 Å². The van der Waals surface area contributed by atoms with Crippen LogP contribution in [0.15, 0.2) is 30.7 Å². The van der Waals surface area contributed by atoms with Crippen LogP contribution in [0.1, 0.15) is 43.4 Å². The van der Waals surface area contributed by atoms with Gasteiger partial charge in [-0.05, 0) is 37.8 Å². The molecule has 1 fully saturated rings. The molecule has 3 rings (SSSR count). The predicted molar refractivity (Wildman–Crippen MR) is 89.5 cm³/mol. The van der Waals surface area contributed by atoms with Crippen LogP contribution in [-0.4, -0.2) is 39.3 Å². The Kier molecular flexibility index (Phi) is 5.30. The Labute approximate surface area is 141 Å². The van der Waals surface area contributed by atoms with Crippen molar-refractivity contribution in [2.75, 3.05) is 13.2 Å². The second kappa shape index (κ2) is 7.81. The van der Waals surface area contributed by atoms with Crippen molar-refractivity contribution >= 4 is 6.03 Å². The van der Waals surface area contributed by atoms with Crippen molar-refractivity contribution in [1.82, 2.24) is 25.4 Å². The third-order valence-corrected chi connectivity index (χ3v) is 4.20. The van der Waals surface area contributed by atoms with E-state index in [4.69, 9.17) is 4.74 Å². The van der Waals surface area contributed by atoms with Crippen molar-refractivity contribution in [1.29, 1.82) is 0 Å². The van der Waals surface area contributed by atoms with Gasteiger partial charge in [-0.15, -0.1) is 0 Å². The molecule has 1 atom stereocenters. The number of H-pyrrole nitrogens is 1. The normalized spacial score (nSPS) is 17.5. The maximum Gasteiger partial charge on any atom is 0.318 e. The van der Waals surface area contributed by atoms with Crippen LogP contribution in [0.4, 0.5) is 4.79 Å². The quantitative estimate of drug-likeness (QED) is 0.883. The van der Waals surface area contributed by atoms with E-state index in [2.05, 4.69) is 20.5 Å². The molecule has 1 saturated heterocycles. The summed E-state index contributed by atoms with van der Waals surface area (Å²) in [6, 6.07) is 3.78. The number of nitrogens with zero attached hydrogens (tertiary/aromatic N) is 3. The summed E-state index contributed by atoms with van der Waals surface area (Å²) in [5.74, 6) is 0.582. The Morgan fingerprint density at radius 1 is 1.50 bits per heavy atom. The molecular weight excluding hydrogens is 306 g/mol. The van der Waals surface area contributed by atoms with E-state index in [1.165, 1.54) is 0 Å². The number of carbonyl (C=O) groups is 1. The van der Waals surface area contributed by atoms with Crippen molar-refractivity contribution < 1.29 is 9.53 Å². The standard InChI is InChI=1S/C17H23N5O2/c1-2-24-16-9-13(6-7-18-16)10-19-17(23)22-8-4-3-5-15(22)14-11-20-21-12-14/h6-7,9,11-12,15H,2-5,8,10H2,1H3,(H,19,23)(H,20,21)/t15-/m0/s1. The highest BCUT2D eigenvalue weighted by molar-refractivity contribution is 5.74. The maximum absolute atomic E-state index is 12.6. The molecule has 2 N–H and O–H groups in total. The number of urea groups is 1. The number of aromatic nitrogens is 3. The van der Waals surface area contributed by atoms with Crippen LogP contribution in [0.2, 0.25) is 0 Å². The van der Waals surface area contributed by atoms with Gasteiger partial charge in [0.2, 0.25) is 5.88 Å². The van der Waals surface area contributed by atoms with Gasteiger partial charge in [-0.25, -0.2) is 9.78 Å². The van der Waals surface area contributed by atoms with Crippen LogP contribution >= 0.6 is 0 Å². The van der Waals surface area contributed by atoms with Gasteiger partial charge in [-0.2, -0.15) is 5.10 Å². The number of ether oxygens (including phenoxy) is 1. The van der Waals surface area contributed by atoms with Gasteiger partial charge in [0.05, 0.1) is 18.8 Å². The minimum atomic E-state index is -0.0457. The summed E-state index contributed by atoms with van der Waals surface area (Å²) >= 11 is 0. The van der Waals surface area contributed by atoms with Crippen LogP contribution in [0, 0.1) is 0 Å². The molecule has 0 unspecified atom stereocenters. The lowest BCUT2D eigenvalue weighted by atomic mass is 9.98. The van der Waals surface area contributed by atoms with Crippen LogP contribution < -0.4 is 10.1 Å². The number of rotatable bonds is 5. The number of pyridine rings is 1. The molecule has 128 valence electrons. The number of hydrogen-bond acceptors (Lipinski definition) is 4. The molecule has 0 aromatic carbocycles. The topological polar surface area (TPSA) is 83.1 Å². The fourth-order valence-electron chi connectivity index (χ4n) is 3.03. The summed E-state index contributed by atoms with van der Waals surface area (Å²) in [7, 11) is 0. The number of nitrogens with one attached hydrogen (secondary N) is 2. The highest BCUT2D eigenvalue weighted by atomic mass is 16.5. The molecule has 24 heavy (non-hydrogen) atoms. The van der Waals surface area contributed by atoms with E-state index in [0.29, 0.717) is 19.0 Å². The smallest absolute Gasteiger partial charge is 0.318 e. The van der Waals surface area contributed by atoms with E-state index in [1.54, 1.807) is 12.4 Å². The third-order valence-electron chi connectivity index (χ3n) is 4.20. The first kappa shape index (κ1) is 16.3. The molecule has 0 spiro atoms. The highest BCUT2D eigenvalue weighted by Gasteiger charge is 2.28. The Balaban J connectivity index is 1.62. The van der Waals surface area contributed by atoms with Crippen LogP contribution in [-0.2, 0) is 6.54 Å². The molecule has 2 aromatic heterocycles. The Bertz CT molecular complexity index is 659. The van der Waals surface area contributed by atoms with E-state index in [9.17, 15) is 4.79 Å². The first-order valence-corrected chi connectivity index (χ1v) is 8.39. The molecule has 3 heterocycles. The average molecular weight is 329 g/mol. The number of aromatic amines is 1. The third kappa shape index (κ3) is 3.84. The second-order valence-electron chi connectivity index (χ2n) is 5.83. The van der Waals surface area contributed by atoms with Gasteiger partial charge in [0, 0.05) is 37.1 Å². The summed E-state index contributed by atoms with van der Waals surface area (Å²) in [6.07, 6.45) is 8.49. The lowest BCUT2D eigenvalue weighted by Crippen LogP contribution is -2.44. The molecule has 2 amide bonds. The van der Waals surface area contributed by atoms with Crippen molar-refractivity contribution in [3.8, 4) is 5.88 Å². The van der Waals surface area contributed by atoms with Crippen molar-refractivity contribution in [3.05, 3.63) is 41.9 Å². The molecule has 7 nitrogen and oxygen atoms in total. The first-order valence-electron chi connectivity index (χ1n) is 8.39. The SMILES string of the molecule is CCOc1cc(CNC(=O)N2CCCC[C@H]2c2cn[nH]c2)ccn1. The van der Waals surface area contributed by atoms with Crippen molar-refractivity contribution in [3.63, 3.8) is 0 Å². The molecule has 7 heteroatoms. The minimum absolute atomic E-state index is 0.0457. The number of piperidine rings is 1. The monoisotopic (exact) mass is 329 g/mol.